The van der Waals surface area contributed by atoms with Crippen LogP contribution in [0.15, 0.2) is 41.6 Å². The highest BCUT2D eigenvalue weighted by Gasteiger charge is 2.14. The fourth-order valence-corrected chi connectivity index (χ4v) is 3.19. The molecule has 0 bridgehead atoms. The molecule has 0 aliphatic rings. The van der Waals surface area contributed by atoms with E-state index in [1.807, 2.05) is 13.2 Å². The summed E-state index contributed by atoms with van der Waals surface area (Å²) in [7, 11) is -1.81. The highest BCUT2D eigenvalue weighted by molar-refractivity contribution is 7.89. The standard InChI is InChI=1S/C15H21N5O3S.2ClH/c1-20-11-12(10-17-20)5-6-15(21)19-13-3-2-4-14(9-13)24(22,23)18-8-7-16;;/h2-4,9-11,18H,5-8,16H2,1H3,(H,19,21);2*1H. The quantitative estimate of drug-likeness (QED) is 0.586. The summed E-state index contributed by atoms with van der Waals surface area (Å²) in [4.78, 5) is 12.1. The van der Waals surface area contributed by atoms with Gasteiger partial charge in [-0.05, 0) is 30.2 Å². The maximum atomic E-state index is 12.1. The molecule has 1 aromatic carbocycles. The molecular formula is C15H23Cl2N5O3S. The van der Waals surface area contributed by atoms with Crippen molar-refractivity contribution in [3.05, 3.63) is 42.2 Å². The van der Waals surface area contributed by atoms with E-state index in [2.05, 4.69) is 15.1 Å². The van der Waals surface area contributed by atoms with Gasteiger partial charge < -0.3 is 11.1 Å². The molecule has 2 aromatic rings. The Balaban J connectivity index is 0.00000312. The van der Waals surface area contributed by atoms with Gasteiger partial charge in [0.1, 0.15) is 0 Å². The molecule has 26 heavy (non-hydrogen) atoms. The molecule has 0 unspecified atom stereocenters. The van der Waals surface area contributed by atoms with Crippen molar-refractivity contribution in [1.82, 2.24) is 14.5 Å². The first-order valence-electron chi connectivity index (χ1n) is 7.48. The van der Waals surface area contributed by atoms with Gasteiger partial charge in [0.2, 0.25) is 15.9 Å². The summed E-state index contributed by atoms with van der Waals surface area (Å²) in [5, 5.41) is 6.75. The van der Waals surface area contributed by atoms with E-state index in [9.17, 15) is 13.2 Å². The molecule has 11 heteroatoms. The second-order valence-electron chi connectivity index (χ2n) is 5.28. The normalized spacial score (nSPS) is 10.5. The maximum absolute atomic E-state index is 12.1. The summed E-state index contributed by atoms with van der Waals surface area (Å²) in [6.45, 7) is 0.369. The van der Waals surface area contributed by atoms with Crippen LogP contribution < -0.4 is 15.8 Å². The number of aryl methyl sites for hydroxylation is 2. The lowest BCUT2D eigenvalue weighted by molar-refractivity contribution is -0.116. The molecule has 1 heterocycles. The molecule has 0 saturated carbocycles. The van der Waals surface area contributed by atoms with Gasteiger partial charge >= 0.3 is 0 Å². The smallest absolute Gasteiger partial charge is 0.240 e. The van der Waals surface area contributed by atoms with Gasteiger partial charge in [0.25, 0.3) is 0 Å². The van der Waals surface area contributed by atoms with E-state index < -0.39 is 10.0 Å². The van der Waals surface area contributed by atoms with Crippen molar-refractivity contribution in [2.75, 3.05) is 18.4 Å². The van der Waals surface area contributed by atoms with Crippen molar-refractivity contribution in [1.29, 1.82) is 0 Å². The molecule has 146 valence electrons. The number of aromatic nitrogens is 2. The Kier molecular flexibility index (Phi) is 10.4. The van der Waals surface area contributed by atoms with Crippen molar-refractivity contribution in [2.45, 2.75) is 17.7 Å². The van der Waals surface area contributed by atoms with Crippen LogP contribution in [0.1, 0.15) is 12.0 Å². The van der Waals surface area contributed by atoms with Crippen LogP contribution in [0.3, 0.4) is 0 Å². The predicted molar refractivity (Wildman–Crippen MR) is 105 cm³/mol. The Hall–Kier alpha value is -1.65. The number of nitrogens with two attached hydrogens (primary N) is 1. The monoisotopic (exact) mass is 423 g/mol. The zero-order valence-corrected chi connectivity index (χ0v) is 16.7. The van der Waals surface area contributed by atoms with Crippen LogP contribution >= 0.6 is 24.8 Å². The predicted octanol–water partition coefficient (Wildman–Crippen LogP) is 1.07. The molecule has 0 atom stereocenters. The van der Waals surface area contributed by atoms with E-state index in [4.69, 9.17) is 5.73 Å². The Bertz CT molecular complexity index is 811. The van der Waals surface area contributed by atoms with E-state index in [0.717, 1.165) is 5.56 Å². The molecule has 2 rings (SSSR count). The van der Waals surface area contributed by atoms with E-state index in [1.165, 1.54) is 12.1 Å². The molecule has 0 aliphatic carbocycles. The highest BCUT2D eigenvalue weighted by atomic mass is 35.5. The number of benzene rings is 1. The summed E-state index contributed by atoms with van der Waals surface area (Å²) >= 11 is 0. The number of rotatable bonds is 8. The number of hydrogen-bond acceptors (Lipinski definition) is 5. The number of sulfonamides is 1. The zero-order valence-electron chi connectivity index (χ0n) is 14.2. The third-order valence-electron chi connectivity index (χ3n) is 3.26. The number of hydrogen-bond donors (Lipinski definition) is 3. The minimum absolute atomic E-state index is 0. The fourth-order valence-electron chi connectivity index (χ4n) is 2.10. The van der Waals surface area contributed by atoms with Gasteiger partial charge in [0.05, 0.1) is 11.1 Å². The maximum Gasteiger partial charge on any atom is 0.240 e. The van der Waals surface area contributed by atoms with Crippen molar-refractivity contribution in [2.24, 2.45) is 12.8 Å². The summed E-state index contributed by atoms with van der Waals surface area (Å²) in [6.07, 6.45) is 4.41. The second kappa shape index (κ2) is 11.1. The second-order valence-corrected chi connectivity index (χ2v) is 7.05. The fraction of sp³-hybridized carbons (Fsp3) is 0.333. The third-order valence-corrected chi connectivity index (χ3v) is 4.72. The van der Waals surface area contributed by atoms with E-state index >= 15 is 0 Å². The highest BCUT2D eigenvalue weighted by Crippen LogP contribution is 2.15. The Morgan fingerprint density at radius 3 is 2.65 bits per heavy atom. The lowest BCUT2D eigenvalue weighted by Gasteiger charge is -2.09. The minimum atomic E-state index is -3.63. The SMILES string of the molecule is Cl.Cl.Cn1cc(CCC(=O)Nc2cccc(S(=O)(=O)NCCN)c2)cn1. The summed E-state index contributed by atoms with van der Waals surface area (Å²) < 4.78 is 28.2. The Labute approximate surface area is 165 Å². The molecule has 8 nitrogen and oxygen atoms in total. The van der Waals surface area contributed by atoms with Crippen LogP contribution in [0.5, 0.6) is 0 Å². The van der Waals surface area contributed by atoms with Gasteiger partial charge in [0.15, 0.2) is 0 Å². The molecule has 4 N–H and O–H groups in total. The Morgan fingerprint density at radius 2 is 2.04 bits per heavy atom. The first-order chi connectivity index (χ1) is 11.4. The lowest BCUT2D eigenvalue weighted by Crippen LogP contribution is -2.29. The van der Waals surface area contributed by atoms with Gasteiger partial charge in [-0.25, -0.2) is 13.1 Å². The zero-order chi connectivity index (χ0) is 17.6. The molecule has 0 spiro atoms. The molecule has 1 amide bonds. The van der Waals surface area contributed by atoms with Crippen LogP contribution in [-0.2, 0) is 28.3 Å². The minimum Gasteiger partial charge on any atom is -0.329 e. The van der Waals surface area contributed by atoms with E-state index in [1.54, 1.807) is 23.0 Å². The van der Waals surface area contributed by atoms with Crippen molar-refractivity contribution in [3.63, 3.8) is 0 Å². The molecule has 0 saturated heterocycles. The third kappa shape index (κ3) is 7.30. The number of nitrogens with zero attached hydrogens (tertiary/aromatic N) is 2. The summed E-state index contributed by atoms with van der Waals surface area (Å²) in [5.41, 5.74) is 6.70. The number of halogens is 2. The van der Waals surface area contributed by atoms with Gasteiger partial charge in [-0.1, -0.05) is 6.07 Å². The molecule has 0 aliphatic heterocycles. The van der Waals surface area contributed by atoms with Crippen LogP contribution in [0.4, 0.5) is 5.69 Å². The lowest BCUT2D eigenvalue weighted by atomic mass is 10.2. The van der Waals surface area contributed by atoms with Crippen molar-refractivity contribution in [3.8, 4) is 0 Å². The van der Waals surface area contributed by atoms with Crippen LogP contribution in [0.2, 0.25) is 0 Å². The van der Waals surface area contributed by atoms with Gasteiger partial charge in [-0.3, -0.25) is 9.48 Å². The van der Waals surface area contributed by atoms with Crippen LogP contribution in [0.25, 0.3) is 0 Å². The number of nitrogens with one attached hydrogen (secondary N) is 2. The summed E-state index contributed by atoms with van der Waals surface area (Å²) in [6, 6.07) is 6.10. The van der Waals surface area contributed by atoms with Crippen LogP contribution in [-0.4, -0.2) is 37.2 Å². The van der Waals surface area contributed by atoms with Gasteiger partial charge in [-0.2, -0.15) is 5.10 Å². The van der Waals surface area contributed by atoms with Crippen molar-refractivity contribution < 1.29 is 13.2 Å². The van der Waals surface area contributed by atoms with Crippen LogP contribution in [0, 0.1) is 0 Å². The number of anilines is 1. The molecule has 0 radical (unpaired) electrons. The first-order valence-corrected chi connectivity index (χ1v) is 8.96. The van der Waals surface area contributed by atoms with Gasteiger partial charge in [0, 0.05) is 38.4 Å². The average Bonchev–Trinajstić information content (AvgIpc) is 2.97. The summed E-state index contributed by atoms with van der Waals surface area (Å²) in [5.74, 6) is -0.191. The topological polar surface area (TPSA) is 119 Å². The van der Waals surface area contributed by atoms with Gasteiger partial charge in [-0.15, -0.1) is 24.8 Å². The number of carbonyl (C=O) groups excluding carboxylic acids is 1. The number of carbonyl (C=O) groups is 1. The average molecular weight is 424 g/mol. The largest absolute Gasteiger partial charge is 0.329 e. The van der Waals surface area contributed by atoms with Crippen molar-refractivity contribution >= 4 is 46.4 Å². The number of amides is 1. The first kappa shape index (κ1) is 24.4. The molecular weight excluding hydrogens is 401 g/mol. The molecule has 0 fully saturated rings. The van der Waals surface area contributed by atoms with E-state index in [-0.39, 0.29) is 55.1 Å². The molecule has 1 aromatic heterocycles. The Morgan fingerprint density at radius 1 is 1.31 bits per heavy atom. The van der Waals surface area contributed by atoms with E-state index in [0.29, 0.717) is 12.1 Å².